The predicted octanol–water partition coefficient (Wildman–Crippen LogP) is 10.9. The summed E-state index contributed by atoms with van der Waals surface area (Å²) >= 11 is 1.86. The molecule has 6 aromatic carbocycles. The van der Waals surface area contributed by atoms with Gasteiger partial charge in [-0.25, -0.2) is 0 Å². The highest BCUT2D eigenvalue weighted by Gasteiger charge is 2.20. The van der Waals surface area contributed by atoms with E-state index in [-0.39, 0.29) is 0 Å². The molecule has 0 radical (unpaired) electrons. The van der Waals surface area contributed by atoms with Gasteiger partial charge in [0, 0.05) is 42.3 Å². The van der Waals surface area contributed by atoms with E-state index >= 15 is 0 Å². The molecule has 8 aromatic rings. The van der Waals surface area contributed by atoms with Crippen LogP contribution in [-0.4, -0.2) is 0 Å². The van der Waals surface area contributed by atoms with Crippen LogP contribution in [0.15, 0.2) is 126 Å². The summed E-state index contributed by atoms with van der Waals surface area (Å²) in [5, 5.41) is 7.51. The Labute approximate surface area is 224 Å². The lowest BCUT2D eigenvalue weighted by Gasteiger charge is -2.26. The first kappa shape index (κ1) is 21.5. The second-order valence-electron chi connectivity index (χ2n) is 9.87. The van der Waals surface area contributed by atoms with Crippen LogP contribution in [-0.2, 0) is 0 Å². The number of nitrogens with zero attached hydrogens (tertiary/aromatic N) is 1. The van der Waals surface area contributed by atoms with Crippen molar-refractivity contribution in [2.45, 2.75) is 6.92 Å². The molecule has 0 spiro atoms. The van der Waals surface area contributed by atoms with Crippen molar-refractivity contribution in [2.75, 3.05) is 4.90 Å². The topological polar surface area (TPSA) is 16.4 Å². The number of aryl methyl sites for hydroxylation is 1. The monoisotopic (exact) mass is 505 g/mol. The lowest BCUT2D eigenvalue weighted by molar-refractivity contribution is 0.669. The van der Waals surface area contributed by atoms with E-state index in [4.69, 9.17) is 4.42 Å². The molecule has 0 atom stereocenters. The molecule has 8 rings (SSSR count). The highest BCUT2D eigenvalue weighted by Crippen LogP contribution is 2.45. The molecule has 0 saturated carbocycles. The molecule has 0 bridgehead atoms. The SMILES string of the molecule is Cc1cccc(N(c2ccc3c(c2)sc2ccc4ccccc4c23)c2cccc3c2oc2ccccc23)c1. The van der Waals surface area contributed by atoms with Crippen LogP contribution in [0.3, 0.4) is 0 Å². The molecule has 38 heavy (non-hydrogen) atoms. The molecule has 0 N–H and O–H groups in total. The quantitative estimate of drug-likeness (QED) is 0.237. The van der Waals surface area contributed by atoms with Crippen LogP contribution in [0.4, 0.5) is 17.1 Å². The lowest BCUT2D eigenvalue weighted by Crippen LogP contribution is -2.10. The first-order valence-corrected chi connectivity index (χ1v) is 13.7. The van der Waals surface area contributed by atoms with Crippen LogP contribution in [0.1, 0.15) is 5.56 Å². The zero-order valence-corrected chi connectivity index (χ0v) is 21.6. The molecule has 180 valence electrons. The van der Waals surface area contributed by atoms with Crippen molar-refractivity contribution in [2.24, 2.45) is 0 Å². The smallest absolute Gasteiger partial charge is 0.159 e. The first-order chi connectivity index (χ1) is 18.7. The summed E-state index contributed by atoms with van der Waals surface area (Å²) in [5.41, 5.74) is 6.30. The van der Waals surface area contributed by atoms with Gasteiger partial charge in [-0.15, -0.1) is 11.3 Å². The van der Waals surface area contributed by atoms with E-state index in [0.717, 1.165) is 39.0 Å². The third-order valence-corrected chi connectivity index (χ3v) is 8.61. The largest absolute Gasteiger partial charge is 0.454 e. The number of hydrogen-bond donors (Lipinski definition) is 0. The van der Waals surface area contributed by atoms with Crippen LogP contribution in [0.25, 0.3) is 52.9 Å². The summed E-state index contributed by atoms with van der Waals surface area (Å²) in [6.45, 7) is 2.14. The number of benzene rings is 6. The van der Waals surface area contributed by atoms with Crippen molar-refractivity contribution < 1.29 is 4.42 Å². The van der Waals surface area contributed by atoms with Crippen molar-refractivity contribution in [1.29, 1.82) is 0 Å². The molecule has 0 aliphatic rings. The van der Waals surface area contributed by atoms with Crippen molar-refractivity contribution >= 4 is 81.3 Å². The van der Waals surface area contributed by atoms with E-state index in [1.807, 2.05) is 23.5 Å². The summed E-state index contributed by atoms with van der Waals surface area (Å²) < 4.78 is 9.08. The van der Waals surface area contributed by atoms with Crippen molar-refractivity contribution in [1.82, 2.24) is 0 Å². The van der Waals surface area contributed by atoms with Gasteiger partial charge in [0.25, 0.3) is 0 Å². The van der Waals surface area contributed by atoms with Gasteiger partial charge in [0.15, 0.2) is 5.58 Å². The molecule has 0 saturated heterocycles. The van der Waals surface area contributed by atoms with Crippen LogP contribution >= 0.6 is 11.3 Å². The van der Waals surface area contributed by atoms with Gasteiger partial charge in [-0.1, -0.05) is 78.9 Å². The summed E-state index contributed by atoms with van der Waals surface area (Å²) in [5.74, 6) is 0. The van der Waals surface area contributed by atoms with Gasteiger partial charge in [0.2, 0.25) is 0 Å². The highest BCUT2D eigenvalue weighted by atomic mass is 32.1. The summed E-state index contributed by atoms with van der Waals surface area (Å²) in [6, 6.07) is 43.4. The van der Waals surface area contributed by atoms with Crippen LogP contribution < -0.4 is 4.90 Å². The third kappa shape index (κ3) is 3.19. The lowest BCUT2D eigenvalue weighted by atomic mass is 10.0. The second-order valence-corrected chi connectivity index (χ2v) is 11.0. The molecule has 0 amide bonds. The fourth-order valence-corrected chi connectivity index (χ4v) is 6.93. The first-order valence-electron chi connectivity index (χ1n) is 12.9. The summed E-state index contributed by atoms with van der Waals surface area (Å²) in [6.07, 6.45) is 0. The average molecular weight is 506 g/mol. The normalized spacial score (nSPS) is 11.8. The number of anilines is 3. The summed E-state index contributed by atoms with van der Waals surface area (Å²) in [4.78, 5) is 2.33. The Hall–Kier alpha value is -4.60. The Morgan fingerprint density at radius 1 is 0.579 bits per heavy atom. The van der Waals surface area contributed by atoms with E-state index in [9.17, 15) is 0 Å². The van der Waals surface area contributed by atoms with Crippen molar-refractivity contribution in [3.63, 3.8) is 0 Å². The Morgan fingerprint density at radius 2 is 1.37 bits per heavy atom. The highest BCUT2D eigenvalue weighted by molar-refractivity contribution is 7.26. The average Bonchev–Trinajstić information content (AvgIpc) is 3.52. The van der Waals surface area contributed by atoms with E-state index in [1.54, 1.807) is 0 Å². The maximum absolute atomic E-state index is 6.48. The standard InChI is InChI=1S/C35H23NOS/c1-22-8-6-10-24(20-22)36(30-14-7-13-28-27-12-4-5-15-31(27)37-35(28)30)25-17-18-29-33(21-25)38-32-19-16-23-9-2-3-11-26(23)34(29)32/h2-21H,1H3. The van der Waals surface area contributed by atoms with E-state index in [1.165, 1.54) is 36.5 Å². The summed E-state index contributed by atoms with van der Waals surface area (Å²) in [7, 11) is 0. The Bertz CT molecular complexity index is 2170. The van der Waals surface area contributed by atoms with Crippen LogP contribution in [0.2, 0.25) is 0 Å². The molecule has 2 aromatic heterocycles. The minimum atomic E-state index is 0.901. The Kier molecular flexibility index (Phi) is 4.64. The maximum atomic E-state index is 6.48. The predicted molar refractivity (Wildman–Crippen MR) is 164 cm³/mol. The fraction of sp³-hybridized carbons (Fsp3) is 0.0286. The molecule has 2 heterocycles. The molecule has 0 aliphatic heterocycles. The molecule has 0 aliphatic carbocycles. The molecular weight excluding hydrogens is 482 g/mol. The Morgan fingerprint density at radius 3 is 2.29 bits per heavy atom. The van der Waals surface area contributed by atoms with E-state index < -0.39 is 0 Å². The molecule has 0 fully saturated rings. The van der Waals surface area contributed by atoms with Gasteiger partial charge < -0.3 is 9.32 Å². The van der Waals surface area contributed by atoms with Gasteiger partial charge >= 0.3 is 0 Å². The second kappa shape index (κ2) is 8.20. The van der Waals surface area contributed by atoms with Crippen LogP contribution in [0, 0.1) is 6.92 Å². The van der Waals surface area contributed by atoms with Gasteiger partial charge in [0.1, 0.15) is 5.58 Å². The van der Waals surface area contributed by atoms with E-state index in [2.05, 4.69) is 121 Å². The minimum Gasteiger partial charge on any atom is -0.454 e. The van der Waals surface area contributed by atoms with Gasteiger partial charge in [-0.05, 0) is 65.7 Å². The minimum absolute atomic E-state index is 0.901. The zero-order chi connectivity index (χ0) is 25.2. The van der Waals surface area contributed by atoms with Gasteiger partial charge in [0.05, 0.1) is 5.69 Å². The number of para-hydroxylation sites is 2. The number of fused-ring (bicyclic) bond motifs is 8. The molecule has 2 nitrogen and oxygen atoms in total. The molecule has 3 heteroatoms. The van der Waals surface area contributed by atoms with E-state index in [0.29, 0.717) is 0 Å². The number of thiophene rings is 1. The van der Waals surface area contributed by atoms with Crippen molar-refractivity contribution in [3.05, 3.63) is 127 Å². The van der Waals surface area contributed by atoms with Crippen molar-refractivity contribution in [3.8, 4) is 0 Å². The molecular formula is C35H23NOS. The number of hydrogen-bond acceptors (Lipinski definition) is 3. The third-order valence-electron chi connectivity index (χ3n) is 7.49. The van der Waals surface area contributed by atoms with Gasteiger partial charge in [-0.3, -0.25) is 0 Å². The molecule has 0 unspecified atom stereocenters. The maximum Gasteiger partial charge on any atom is 0.159 e. The fourth-order valence-electron chi connectivity index (χ4n) is 5.78. The van der Waals surface area contributed by atoms with Crippen LogP contribution in [0.5, 0.6) is 0 Å². The Balaban J connectivity index is 1.41. The number of furan rings is 1. The van der Waals surface area contributed by atoms with Gasteiger partial charge in [-0.2, -0.15) is 0 Å². The number of rotatable bonds is 3. The zero-order valence-electron chi connectivity index (χ0n) is 20.8.